The van der Waals surface area contributed by atoms with Gasteiger partial charge >= 0.3 is 0 Å². The Kier molecular flexibility index (Phi) is 5.03. The van der Waals surface area contributed by atoms with Crippen molar-refractivity contribution in [3.05, 3.63) is 88.1 Å². The van der Waals surface area contributed by atoms with Crippen LogP contribution in [0.2, 0.25) is 0 Å². The molecule has 2 aliphatic rings. The van der Waals surface area contributed by atoms with Gasteiger partial charge < -0.3 is 14.8 Å². The molecule has 0 saturated carbocycles. The van der Waals surface area contributed by atoms with Gasteiger partial charge in [-0.25, -0.2) is 0 Å². The minimum absolute atomic E-state index is 0.383. The van der Waals surface area contributed by atoms with E-state index in [0.717, 1.165) is 17.9 Å². The van der Waals surface area contributed by atoms with Crippen molar-refractivity contribution in [3.63, 3.8) is 0 Å². The molecule has 1 aromatic heterocycles. The topological polar surface area (TPSA) is 30.5 Å². The third-order valence-corrected chi connectivity index (χ3v) is 6.98. The maximum absolute atomic E-state index is 5.99. The highest BCUT2D eigenvalue weighted by Crippen LogP contribution is 2.51. The quantitative estimate of drug-likeness (QED) is 0.385. The molecule has 3 aromatic rings. The van der Waals surface area contributed by atoms with E-state index in [1.165, 1.54) is 21.7 Å². The van der Waals surface area contributed by atoms with Gasteiger partial charge in [0.25, 0.3) is 0 Å². The molecular weight excluding hydrogens is 378 g/mol. The minimum atomic E-state index is 0.383. The van der Waals surface area contributed by atoms with Crippen molar-refractivity contribution in [3.8, 4) is 11.5 Å². The fraction of sp³-hybridized carbons (Fsp3) is 0.280. The van der Waals surface area contributed by atoms with E-state index in [0.29, 0.717) is 31.1 Å². The molecular formula is C25H25NO2S. The molecule has 3 unspecified atom stereocenters. The SMILES string of the molecule is Cc1ccsc1C1Nc2ccc(OCCOc3ccccc3)cc2C2C=CCC21. The maximum Gasteiger partial charge on any atom is 0.122 e. The van der Waals surface area contributed by atoms with Crippen LogP contribution in [0.4, 0.5) is 5.69 Å². The fourth-order valence-corrected chi connectivity index (χ4v) is 5.51. The van der Waals surface area contributed by atoms with Gasteiger partial charge in [-0.3, -0.25) is 0 Å². The van der Waals surface area contributed by atoms with Gasteiger partial charge in [-0.1, -0.05) is 30.4 Å². The number of ether oxygens (including phenoxy) is 2. The van der Waals surface area contributed by atoms with Crippen molar-refractivity contribution in [1.82, 2.24) is 0 Å². The number of nitrogens with one attached hydrogen (secondary N) is 1. The zero-order chi connectivity index (χ0) is 19.6. The molecule has 2 heterocycles. The first-order valence-electron chi connectivity index (χ1n) is 10.2. The zero-order valence-electron chi connectivity index (χ0n) is 16.5. The molecule has 5 rings (SSSR count). The average molecular weight is 404 g/mol. The van der Waals surface area contributed by atoms with Crippen LogP contribution in [-0.4, -0.2) is 13.2 Å². The summed E-state index contributed by atoms with van der Waals surface area (Å²) >= 11 is 1.87. The highest BCUT2D eigenvalue weighted by Gasteiger charge is 2.39. The second kappa shape index (κ2) is 7.96. The second-order valence-electron chi connectivity index (χ2n) is 7.70. The molecule has 0 spiro atoms. The Bertz CT molecular complexity index is 1010. The van der Waals surface area contributed by atoms with Crippen molar-refractivity contribution in [2.45, 2.75) is 25.3 Å². The number of aryl methyl sites for hydroxylation is 1. The van der Waals surface area contributed by atoms with Crippen LogP contribution in [0.25, 0.3) is 0 Å². The number of hydrogen-bond donors (Lipinski definition) is 1. The normalized spacial score (nSPS) is 21.9. The summed E-state index contributed by atoms with van der Waals surface area (Å²) < 4.78 is 11.7. The Labute approximate surface area is 176 Å². The van der Waals surface area contributed by atoms with Gasteiger partial charge in [0.05, 0.1) is 6.04 Å². The number of para-hydroxylation sites is 1. The van der Waals surface area contributed by atoms with Crippen LogP contribution in [0, 0.1) is 12.8 Å². The number of fused-ring (bicyclic) bond motifs is 3. The van der Waals surface area contributed by atoms with Crippen LogP contribution in [-0.2, 0) is 0 Å². The average Bonchev–Trinajstić information content (AvgIpc) is 3.41. The summed E-state index contributed by atoms with van der Waals surface area (Å²) in [5.74, 6) is 2.80. The van der Waals surface area contributed by atoms with Gasteiger partial charge in [0, 0.05) is 16.5 Å². The van der Waals surface area contributed by atoms with Crippen LogP contribution in [0.3, 0.4) is 0 Å². The molecule has 0 radical (unpaired) electrons. The number of hydrogen-bond acceptors (Lipinski definition) is 4. The first kappa shape index (κ1) is 18.3. The molecule has 1 N–H and O–H groups in total. The minimum Gasteiger partial charge on any atom is -0.490 e. The van der Waals surface area contributed by atoms with Gasteiger partial charge in [-0.15, -0.1) is 11.3 Å². The van der Waals surface area contributed by atoms with Gasteiger partial charge in [-0.2, -0.15) is 0 Å². The summed E-state index contributed by atoms with van der Waals surface area (Å²) in [6, 6.07) is 18.9. The lowest BCUT2D eigenvalue weighted by atomic mass is 9.78. The summed E-state index contributed by atoms with van der Waals surface area (Å²) in [5.41, 5.74) is 3.96. The monoisotopic (exact) mass is 403 g/mol. The van der Waals surface area contributed by atoms with Gasteiger partial charge in [-0.05, 0) is 72.2 Å². The molecule has 3 atom stereocenters. The third kappa shape index (κ3) is 3.65. The number of benzene rings is 2. The molecule has 0 fully saturated rings. The standard InChI is InChI=1S/C25H25NO2S/c1-17-12-15-29-25(17)24-21-9-5-8-20(21)22-16-19(10-11-23(22)26-24)28-14-13-27-18-6-3-2-4-7-18/h2-8,10-12,15-16,20-21,24,26H,9,13-14H2,1H3. The highest BCUT2D eigenvalue weighted by molar-refractivity contribution is 7.10. The molecule has 1 aliphatic carbocycles. The first-order valence-corrected chi connectivity index (χ1v) is 11.1. The maximum atomic E-state index is 5.99. The van der Waals surface area contributed by atoms with Crippen molar-refractivity contribution >= 4 is 17.0 Å². The van der Waals surface area contributed by atoms with Crippen LogP contribution >= 0.6 is 11.3 Å². The van der Waals surface area contributed by atoms with Crippen molar-refractivity contribution in [1.29, 1.82) is 0 Å². The summed E-state index contributed by atoms with van der Waals surface area (Å²) in [5, 5.41) is 6.02. The Hall–Kier alpha value is -2.72. The van der Waals surface area contributed by atoms with Crippen LogP contribution in [0.1, 0.15) is 34.4 Å². The number of allylic oxidation sites excluding steroid dienone is 2. The third-order valence-electron chi connectivity index (χ3n) is 5.88. The largest absolute Gasteiger partial charge is 0.490 e. The number of thiophene rings is 1. The van der Waals surface area contributed by atoms with E-state index in [-0.39, 0.29) is 0 Å². The summed E-state index contributed by atoms with van der Waals surface area (Å²) in [6.07, 6.45) is 5.83. The van der Waals surface area contributed by atoms with E-state index >= 15 is 0 Å². The van der Waals surface area contributed by atoms with Crippen molar-refractivity contribution < 1.29 is 9.47 Å². The zero-order valence-corrected chi connectivity index (χ0v) is 17.3. The molecule has 2 aromatic carbocycles. The van der Waals surface area contributed by atoms with E-state index in [9.17, 15) is 0 Å². The van der Waals surface area contributed by atoms with Gasteiger partial charge in [0.15, 0.2) is 0 Å². The smallest absolute Gasteiger partial charge is 0.122 e. The number of anilines is 1. The Morgan fingerprint density at radius 3 is 2.62 bits per heavy atom. The summed E-state index contributed by atoms with van der Waals surface area (Å²) in [7, 11) is 0. The van der Waals surface area contributed by atoms with Crippen molar-refractivity contribution in [2.75, 3.05) is 18.5 Å². The van der Waals surface area contributed by atoms with Crippen LogP contribution in [0.15, 0.2) is 72.1 Å². The summed E-state index contributed by atoms with van der Waals surface area (Å²) in [4.78, 5) is 1.47. The summed E-state index contributed by atoms with van der Waals surface area (Å²) in [6.45, 7) is 3.28. The van der Waals surface area contributed by atoms with Crippen LogP contribution < -0.4 is 14.8 Å². The lowest BCUT2D eigenvalue weighted by Crippen LogP contribution is -2.28. The second-order valence-corrected chi connectivity index (χ2v) is 8.65. The first-order chi connectivity index (χ1) is 14.3. The number of rotatable bonds is 6. The molecule has 148 valence electrons. The Balaban J connectivity index is 1.29. The van der Waals surface area contributed by atoms with Gasteiger partial charge in [0.2, 0.25) is 0 Å². The molecule has 1 aliphatic heterocycles. The molecule has 3 nitrogen and oxygen atoms in total. The lowest BCUT2D eigenvalue weighted by molar-refractivity contribution is 0.217. The molecule has 0 amide bonds. The lowest BCUT2D eigenvalue weighted by Gasteiger charge is -2.37. The van der Waals surface area contributed by atoms with E-state index in [4.69, 9.17) is 9.47 Å². The molecule has 0 saturated heterocycles. The fourth-order valence-electron chi connectivity index (χ4n) is 4.46. The van der Waals surface area contributed by atoms with E-state index in [2.05, 4.69) is 54.0 Å². The Morgan fingerprint density at radius 2 is 1.83 bits per heavy atom. The van der Waals surface area contributed by atoms with Crippen LogP contribution in [0.5, 0.6) is 11.5 Å². The highest BCUT2D eigenvalue weighted by atomic mass is 32.1. The van der Waals surface area contributed by atoms with E-state index in [1.807, 2.05) is 41.7 Å². The Morgan fingerprint density at radius 1 is 1.00 bits per heavy atom. The molecule has 29 heavy (non-hydrogen) atoms. The van der Waals surface area contributed by atoms with E-state index in [1.54, 1.807) is 0 Å². The van der Waals surface area contributed by atoms with Crippen molar-refractivity contribution in [2.24, 2.45) is 5.92 Å². The molecule has 0 bridgehead atoms. The molecule has 4 heteroatoms. The predicted molar refractivity (Wildman–Crippen MR) is 119 cm³/mol. The van der Waals surface area contributed by atoms with Gasteiger partial charge in [0.1, 0.15) is 24.7 Å². The predicted octanol–water partition coefficient (Wildman–Crippen LogP) is 6.34. The van der Waals surface area contributed by atoms with E-state index < -0.39 is 0 Å².